The molecule has 2 saturated heterocycles. The molecule has 0 aliphatic carbocycles. The molecule has 7 rings (SSSR count). The second-order valence-corrected chi connectivity index (χ2v) is 17.4. The minimum Gasteiger partial charge on any atom is -0.462 e. The predicted octanol–water partition coefficient (Wildman–Crippen LogP) is 4.30. The van der Waals surface area contributed by atoms with Crippen LogP contribution in [0.25, 0.3) is 0 Å². The molecule has 268 valence electrons. The number of hydrogen-bond donors (Lipinski definition) is 2. The van der Waals surface area contributed by atoms with Gasteiger partial charge in [-0.1, -0.05) is 36.4 Å². The third-order valence-electron chi connectivity index (χ3n) is 10.4. The summed E-state index contributed by atoms with van der Waals surface area (Å²) in [5.41, 5.74) is 4.63. The highest BCUT2D eigenvalue weighted by Gasteiger charge is 2.48. The number of ether oxygens (including phenoxy) is 1. The number of esters is 1. The molecule has 0 bridgehead atoms. The Balaban J connectivity index is 0.000000202. The number of urea groups is 1. The molecule has 0 aromatic heterocycles. The predicted molar refractivity (Wildman–Crippen MR) is 195 cm³/mol. The van der Waals surface area contributed by atoms with Gasteiger partial charge in [-0.05, 0) is 93.2 Å². The van der Waals surface area contributed by atoms with Gasteiger partial charge in [-0.3, -0.25) is 8.61 Å². The van der Waals surface area contributed by atoms with Gasteiger partial charge in [0.1, 0.15) is 0 Å². The molecule has 2 amide bonds. The number of sulfonamides is 2. The molecule has 2 spiro atoms. The zero-order valence-electron chi connectivity index (χ0n) is 28.7. The van der Waals surface area contributed by atoms with Gasteiger partial charge in [-0.2, -0.15) is 0 Å². The van der Waals surface area contributed by atoms with Crippen molar-refractivity contribution in [2.24, 2.45) is 0 Å². The van der Waals surface area contributed by atoms with E-state index in [0.29, 0.717) is 56.9 Å². The maximum atomic E-state index is 12.8. The second-order valence-electron chi connectivity index (χ2n) is 13.6. The van der Waals surface area contributed by atoms with E-state index in [0.717, 1.165) is 42.9 Å². The first kappa shape index (κ1) is 35.7. The molecular formula is C36H45N5O7S2. The lowest BCUT2D eigenvalue weighted by Gasteiger charge is -2.39. The molecule has 2 N–H and O–H groups in total. The average Bonchev–Trinajstić information content (AvgIpc) is 3.60. The number of anilines is 3. The third kappa shape index (κ3) is 7.06. The highest BCUT2D eigenvalue weighted by molar-refractivity contribution is 7.92. The van der Waals surface area contributed by atoms with Crippen LogP contribution in [0.15, 0.2) is 72.8 Å². The summed E-state index contributed by atoms with van der Waals surface area (Å²) in [4.78, 5) is 26.3. The monoisotopic (exact) mass is 723 g/mol. The van der Waals surface area contributed by atoms with Crippen LogP contribution in [0, 0.1) is 0 Å². The summed E-state index contributed by atoms with van der Waals surface area (Å²) < 4.78 is 56.5. The van der Waals surface area contributed by atoms with E-state index in [2.05, 4.69) is 16.7 Å². The summed E-state index contributed by atoms with van der Waals surface area (Å²) in [6, 6.07) is 21.9. The van der Waals surface area contributed by atoms with E-state index in [-0.39, 0.29) is 16.9 Å². The number of nitrogens with one attached hydrogen (secondary N) is 2. The van der Waals surface area contributed by atoms with Crippen LogP contribution in [0.4, 0.5) is 21.9 Å². The fourth-order valence-electron chi connectivity index (χ4n) is 7.77. The van der Waals surface area contributed by atoms with E-state index >= 15 is 0 Å². The number of hydrogen-bond acceptors (Lipinski definition) is 8. The van der Waals surface area contributed by atoms with Crippen LogP contribution in [0.1, 0.15) is 54.1 Å². The van der Waals surface area contributed by atoms with Gasteiger partial charge in [0.15, 0.2) is 0 Å². The second kappa shape index (κ2) is 13.9. The van der Waals surface area contributed by atoms with E-state index < -0.39 is 26.0 Å². The molecule has 0 atom stereocenters. The van der Waals surface area contributed by atoms with Crippen LogP contribution < -0.4 is 19.2 Å². The van der Waals surface area contributed by atoms with Crippen molar-refractivity contribution in [1.29, 1.82) is 0 Å². The van der Waals surface area contributed by atoms with Crippen molar-refractivity contribution in [2.45, 2.75) is 43.4 Å². The Morgan fingerprint density at radius 1 is 0.740 bits per heavy atom. The molecule has 4 heterocycles. The van der Waals surface area contributed by atoms with Crippen LogP contribution in [0.3, 0.4) is 0 Å². The Morgan fingerprint density at radius 3 is 1.70 bits per heavy atom. The van der Waals surface area contributed by atoms with E-state index in [4.69, 9.17) is 4.74 Å². The average molecular weight is 724 g/mol. The van der Waals surface area contributed by atoms with Crippen molar-refractivity contribution >= 4 is 49.1 Å². The van der Waals surface area contributed by atoms with Gasteiger partial charge in [-0.15, -0.1) is 0 Å². The molecule has 0 radical (unpaired) electrons. The van der Waals surface area contributed by atoms with E-state index in [1.165, 1.54) is 22.4 Å². The van der Waals surface area contributed by atoms with Crippen molar-refractivity contribution in [1.82, 2.24) is 10.2 Å². The van der Waals surface area contributed by atoms with Gasteiger partial charge >= 0.3 is 12.0 Å². The van der Waals surface area contributed by atoms with Crippen LogP contribution in [0.5, 0.6) is 0 Å². The van der Waals surface area contributed by atoms with Gasteiger partial charge in [0.2, 0.25) is 20.0 Å². The molecule has 4 aliphatic heterocycles. The van der Waals surface area contributed by atoms with Gasteiger partial charge in [0.25, 0.3) is 0 Å². The Bertz CT molecular complexity index is 1950. The first-order chi connectivity index (χ1) is 23.8. The Kier molecular flexibility index (Phi) is 9.90. The van der Waals surface area contributed by atoms with Crippen LogP contribution in [-0.2, 0) is 35.6 Å². The minimum atomic E-state index is -3.37. The number of nitrogens with zero attached hydrogens (tertiary/aromatic N) is 3. The summed E-state index contributed by atoms with van der Waals surface area (Å²) in [7, 11) is -6.55. The van der Waals surface area contributed by atoms with Gasteiger partial charge < -0.3 is 20.3 Å². The van der Waals surface area contributed by atoms with Crippen molar-refractivity contribution < 1.29 is 31.2 Å². The van der Waals surface area contributed by atoms with Gasteiger partial charge in [0, 0.05) is 42.7 Å². The van der Waals surface area contributed by atoms with Crippen molar-refractivity contribution in [2.75, 3.05) is 72.3 Å². The molecule has 14 heteroatoms. The summed E-state index contributed by atoms with van der Waals surface area (Å²) in [6.07, 6.45) is 5.92. The molecule has 4 aliphatic rings. The van der Waals surface area contributed by atoms with Crippen LogP contribution in [-0.4, -0.2) is 92.1 Å². The number of rotatable bonds is 5. The molecule has 50 heavy (non-hydrogen) atoms. The lowest BCUT2D eigenvalue weighted by Crippen LogP contribution is -2.48. The van der Waals surface area contributed by atoms with Gasteiger partial charge in [0.05, 0.1) is 36.1 Å². The topological polar surface area (TPSA) is 145 Å². The maximum Gasteiger partial charge on any atom is 0.338 e. The molecule has 2 fully saturated rings. The fourth-order valence-corrected chi connectivity index (χ4v) is 9.76. The largest absolute Gasteiger partial charge is 0.462 e. The lowest BCUT2D eigenvalue weighted by atomic mass is 9.74. The van der Waals surface area contributed by atoms with Gasteiger partial charge in [-0.25, -0.2) is 26.4 Å². The number of fused-ring (bicyclic) bond motifs is 4. The van der Waals surface area contributed by atoms with Crippen LogP contribution in [0.2, 0.25) is 0 Å². The lowest BCUT2D eigenvalue weighted by molar-refractivity contribution is 0.0526. The minimum absolute atomic E-state index is 0.0188. The molecule has 3 aromatic carbocycles. The molecule has 12 nitrogen and oxygen atoms in total. The molecular weight excluding hydrogens is 679 g/mol. The smallest absolute Gasteiger partial charge is 0.338 e. The fraction of sp³-hybridized carbons (Fsp3) is 0.444. The summed E-state index contributed by atoms with van der Waals surface area (Å²) >= 11 is 0. The number of carbonyl (C=O) groups excluding carboxylic acids is 2. The highest BCUT2D eigenvalue weighted by Crippen LogP contribution is 2.48. The van der Waals surface area contributed by atoms with Crippen molar-refractivity contribution in [3.63, 3.8) is 0 Å². The normalized spacial score (nSPS) is 19.0. The quantitative estimate of drug-likeness (QED) is 0.371. The Labute approximate surface area is 294 Å². The SMILES string of the molecule is CCOC(=O)c1ccc(NC(=O)N2CCC3(CC2)CN(S(C)(=O)=O)c2ccccc23)cc1.CS(=O)(=O)N1CC2(CCNCC2)c2ccccc21. The van der Waals surface area contributed by atoms with E-state index in [9.17, 15) is 26.4 Å². The van der Waals surface area contributed by atoms with Crippen molar-refractivity contribution in [3.8, 4) is 0 Å². The third-order valence-corrected chi connectivity index (χ3v) is 12.7. The van der Waals surface area contributed by atoms with E-state index in [1.807, 2.05) is 42.5 Å². The number of benzene rings is 3. The number of piperidine rings is 2. The Hall–Kier alpha value is -4.14. The number of carbonyl (C=O) groups is 2. The van der Waals surface area contributed by atoms with Crippen LogP contribution >= 0.6 is 0 Å². The number of para-hydroxylation sites is 2. The Morgan fingerprint density at radius 2 is 1.22 bits per heavy atom. The summed E-state index contributed by atoms with van der Waals surface area (Å²) in [5.74, 6) is -0.397. The van der Waals surface area contributed by atoms with E-state index in [1.54, 1.807) is 40.4 Å². The maximum absolute atomic E-state index is 12.8. The molecule has 3 aromatic rings. The zero-order chi connectivity index (χ0) is 35.7. The number of likely N-dealkylation sites (tertiary alicyclic amines) is 1. The zero-order valence-corrected chi connectivity index (χ0v) is 30.4. The van der Waals surface area contributed by atoms with Crippen molar-refractivity contribution in [3.05, 3.63) is 89.5 Å². The molecule has 0 saturated carbocycles. The highest BCUT2D eigenvalue weighted by atomic mass is 32.2. The standard InChI is InChI=1S/C23H27N3O5S.C13H18N2O2S/c1-3-31-21(27)17-8-10-18(11-9-17)24-22(28)25-14-12-23(13-15-25)16-26(32(2,29)30)20-7-5-4-6-19(20)23;1-18(16,17)15-10-13(6-8-14-9-7-13)11-4-2-3-5-12(11)15/h4-11H,3,12-16H2,1-2H3,(H,24,28);2-5,14H,6-10H2,1H3. The first-order valence-corrected chi connectivity index (χ1v) is 20.6. The summed E-state index contributed by atoms with van der Waals surface area (Å²) in [5, 5.41) is 6.22. The number of amides is 2. The first-order valence-electron chi connectivity index (χ1n) is 16.9. The molecule has 0 unspecified atom stereocenters. The summed E-state index contributed by atoms with van der Waals surface area (Å²) in [6.45, 7) is 6.05.